The minimum absolute atomic E-state index is 0.441. The minimum atomic E-state index is 0.441. The summed E-state index contributed by atoms with van der Waals surface area (Å²) >= 11 is 7.49. The molecule has 0 N–H and O–H groups in total. The molecular formula is C17H14ClN5O2S. The van der Waals surface area contributed by atoms with E-state index in [0.29, 0.717) is 34.1 Å². The Bertz CT molecular complexity index is 1010. The van der Waals surface area contributed by atoms with Gasteiger partial charge in [0.2, 0.25) is 0 Å². The fourth-order valence-corrected chi connectivity index (χ4v) is 3.48. The van der Waals surface area contributed by atoms with Crippen LogP contribution in [0.3, 0.4) is 0 Å². The average Bonchev–Trinajstić information content (AvgIpc) is 3.39. The molecule has 0 unspecified atom stereocenters. The Labute approximate surface area is 158 Å². The second kappa shape index (κ2) is 7.35. The van der Waals surface area contributed by atoms with Gasteiger partial charge in [0.15, 0.2) is 22.6 Å². The third-order valence-corrected chi connectivity index (χ3v) is 4.84. The smallest absolute Gasteiger partial charge is 0.258 e. The molecule has 0 amide bonds. The van der Waals surface area contributed by atoms with E-state index in [2.05, 4.69) is 20.3 Å². The highest BCUT2D eigenvalue weighted by Gasteiger charge is 2.16. The Kier molecular flexibility index (Phi) is 4.77. The van der Waals surface area contributed by atoms with Gasteiger partial charge in [0.25, 0.3) is 5.89 Å². The molecule has 3 heterocycles. The average molecular weight is 388 g/mol. The summed E-state index contributed by atoms with van der Waals surface area (Å²) in [7, 11) is 0. The highest BCUT2D eigenvalue weighted by Crippen LogP contribution is 2.27. The summed E-state index contributed by atoms with van der Waals surface area (Å²) in [5.74, 6) is 2.92. The maximum absolute atomic E-state index is 6.00. The van der Waals surface area contributed by atoms with Gasteiger partial charge >= 0.3 is 0 Å². The lowest BCUT2D eigenvalue weighted by Crippen LogP contribution is -1.99. The van der Waals surface area contributed by atoms with Crippen LogP contribution in [0.2, 0.25) is 5.02 Å². The first kappa shape index (κ1) is 16.9. The second-order valence-corrected chi connectivity index (χ2v) is 6.72. The molecule has 26 heavy (non-hydrogen) atoms. The molecule has 0 aliphatic heterocycles. The lowest BCUT2D eigenvalue weighted by atomic mass is 10.2. The maximum atomic E-state index is 6.00. The predicted octanol–water partition coefficient (Wildman–Crippen LogP) is 4.55. The van der Waals surface area contributed by atoms with E-state index in [1.54, 1.807) is 18.4 Å². The van der Waals surface area contributed by atoms with Crippen LogP contribution in [-0.2, 0) is 12.3 Å². The molecule has 3 aromatic heterocycles. The van der Waals surface area contributed by atoms with Gasteiger partial charge in [-0.1, -0.05) is 34.6 Å². The fraction of sp³-hybridized carbons (Fsp3) is 0.176. The van der Waals surface area contributed by atoms with Crippen molar-refractivity contribution in [2.75, 3.05) is 0 Å². The summed E-state index contributed by atoms with van der Waals surface area (Å²) in [4.78, 5) is 4.42. The highest BCUT2D eigenvalue weighted by atomic mass is 35.5. The van der Waals surface area contributed by atoms with Gasteiger partial charge in [-0.2, -0.15) is 4.98 Å². The second-order valence-electron chi connectivity index (χ2n) is 5.34. The normalized spacial score (nSPS) is 11.2. The number of hydrogen-bond donors (Lipinski definition) is 0. The summed E-state index contributed by atoms with van der Waals surface area (Å²) < 4.78 is 12.7. The number of furan rings is 1. The summed E-state index contributed by atoms with van der Waals surface area (Å²) in [5.41, 5.74) is 0.790. The van der Waals surface area contributed by atoms with Gasteiger partial charge in [0.1, 0.15) is 0 Å². The van der Waals surface area contributed by atoms with E-state index in [0.717, 1.165) is 17.3 Å². The predicted molar refractivity (Wildman–Crippen MR) is 97.7 cm³/mol. The number of halogens is 1. The van der Waals surface area contributed by atoms with Crippen LogP contribution in [0.25, 0.3) is 23.0 Å². The largest absolute Gasteiger partial charge is 0.461 e. The molecule has 132 valence electrons. The van der Waals surface area contributed by atoms with Crippen LogP contribution in [0.4, 0.5) is 0 Å². The molecule has 0 spiro atoms. The molecule has 0 bridgehead atoms. The van der Waals surface area contributed by atoms with E-state index >= 15 is 0 Å². The van der Waals surface area contributed by atoms with Gasteiger partial charge in [-0.3, -0.25) is 4.57 Å². The zero-order valence-corrected chi connectivity index (χ0v) is 15.4. The summed E-state index contributed by atoms with van der Waals surface area (Å²) in [6.45, 7) is 2.76. The van der Waals surface area contributed by atoms with Crippen LogP contribution in [0, 0.1) is 0 Å². The monoisotopic (exact) mass is 387 g/mol. The van der Waals surface area contributed by atoms with Crippen LogP contribution >= 0.6 is 23.4 Å². The first-order valence-electron chi connectivity index (χ1n) is 7.93. The first-order chi connectivity index (χ1) is 12.7. The van der Waals surface area contributed by atoms with Crippen molar-refractivity contribution in [3.05, 3.63) is 53.5 Å². The van der Waals surface area contributed by atoms with Crippen molar-refractivity contribution in [3.63, 3.8) is 0 Å². The lowest BCUT2D eigenvalue weighted by molar-refractivity contribution is 0.425. The van der Waals surface area contributed by atoms with Gasteiger partial charge in [0, 0.05) is 17.1 Å². The van der Waals surface area contributed by atoms with Crippen LogP contribution in [0.1, 0.15) is 12.7 Å². The van der Waals surface area contributed by atoms with Gasteiger partial charge in [-0.25, -0.2) is 0 Å². The third-order valence-electron chi connectivity index (χ3n) is 3.64. The summed E-state index contributed by atoms with van der Waals surface area (Å²) in [6, 6.07) is 11.0. The van der Waals surface area contributed by atoms with E-state index in [9.17, 15) is 0 Å². The van der Waals surface area contributed by atoms with Crippen LogP contribution in [-0.4, -0.2) is 24.9 Å². The van der Waals surface area contributed by atoms with Crippen molar-refractivity contribution in [2.24, 2.45) is 0 Å². The Balaban J connectivity index is 1.50. The quantitative estimate of drug-likeness (QED) is 0.448. The molecular weight excluding hydrogens is 374 g/mol. The van der Waals surface area contributed by atoms with Crippen molar-refractivity contribution < 1.29 is 8.94 Å². The van der Waals surface area contributed by atoms with Crippen molar-refractivity contribution >= 4 is 23.4 Å². The molecule has 0 aliphatic carbocycles. The van der Waals surface area contributed by atoms with E-state index in [-0.39, 0.29) is 0 Å². The van der Waals surface area contributed by atoms with Gasteiger partial charge in [-0.05, 0) is 37.3 Å². The Morgan fingerprint density at radius 1 is 1.19 bits per heavy atom. The van der Waals surface area contributed by atoms with Gasteiger partial charge in [0.05, 0.1) is 12.0 Å². The zero-order chi connectivity index (χ0) is 17.9. The molecule has 0 saturated heterocycles. The highest BCUT2D eigenvalue weighted by molar-refractivity contribution is 7.98. The van der Waals surface area contributed by atoms with E-state index in [4.69, 9.17) is 20.5 Å². The molecule has 9 heteroatoms. The number of hydrogen-bond acceptors (Lipinski definition) is 7. The summed E-state index contributed by atoms with van der Waals surface area (Å²) in [6.07, 6.45) is 1.62. The topological polar surface area (TPSA) is 82.8 Å². The standard InChI is InChI=1S/C17H14ClN5O2S/c1-2-23-15(13-7-4-8-24-13)20-21-17(23)26-10-14-19-16(25-22-14)11-5-3-6-12(18)9-11/h3-9H,2,10H2,1H3. The fourth-order valence-electron chi connectivity index (χ4n) is 2.45. The number of rotatable bonds is 6. The van der Waals surface area contributed by atoms with Gasteiger partial charge in [-0.15, -0.1) is 10.2 Å². The van der Waals surface area contributed by atoms with E-state index in [1.807, 2.05) is 35.8 Å². The van der Waals surface area contributed by atoms with Crippen molar-refractivity contribution in [3.8, 4) is 23.0 Å². The lowest BCUT2D eigenvalue weighted by Gasteiger charge is -2.04. The maximum Gasteiger partial charge on any atom is 0.258 e. The zero-order valence-electron chi connectivity index (χ0n) is 13.8. The van der Waals surface area contributed by atoms with Crippen molar-refractivity contribution in [1.29, 1.82) is 0 Å². The van der Waals surface area contributed by atoms with Crippen LogP contribution in [0.5, 0.6) is 0 Å². The van der Waals surface area contributed by atoms with Gasteiger partial charge < -0.3 is 8.94 Å². The molecule has 0 aliphatic rings. The summed E-state index contributed by atoms with van der Waals surface area (Å²) in [5, 5.41) is 13.9. The molecule has 1 aromatic carbocycles. The SMILES string of the molecule is CCn1c(SCc2noc(-c3cccc(Cl)c3)n2)nnc1-c1ccco1. The minimum Gasteiger partial charge on any atom is -0.461 e. The number of nitrogens with zero attached hydrogens (tertiary/aromatic N) is 5. The molecule has 0 saturated carbocycles. The third kappa shape index (κ3) is 3.38. The van der Waals surface area contributed by atoms with E-state index in [1.165, 1.54) is 11.8 Å². The molecule has 0 atom stereocenters. The molecule has 0 radical (unpaired) electrons. The molecule has 7 nitrogen and oxygen atoms in total. The van der Waals surface area contributed by atoms with Crippen LogP contribution in [0.15, 0.2) is 56.8 Å². The van der Waals surface area contributed by atoms with Crippen molar-refractivity contribution in [2.45, 2.75) is 24.4 Å². The molecule has 0 fully saturated rings. The van der Waals surface area contributed by atoms with Crippen LogP contribution < -0.4 is 0 Å². The molecule has 4 aromatic rings. The Hall–Kier alpha value is -2.58. The molecule has 4 rings (SSSR count). The Morgan fingerprint density at radius 2 is 2.12 bits per heavy atom. The number of benzene rings is 1. The number of aromatic nitrogens is 5. The first-order valence-corrected chi connectivity index (χ1v) is 9.29. The van der Waals surface area contributed by atoms with Crippen molar-refractivity contribution in [1.82, 2.24) is 24.9 Å². The Morgan fingerprint density at radius 3 is 2.88 bits per heavy atom. The van der Waals surface area contributed by atoms with E-state index < -0.39 is 0 Å². The number of thioether (sulfide) groups is 1.